The fourth-order valence-electron chi connectivity index (χ4n) is 1.69. The van der Waals surface area contributed by atoms with Crippen LogP contribution in [0.5, 0.6) is 0 Å². The molecule has 1 unspecified atom stereocenters. The van der Waals surface area contributed by atoms with Crippen LogP contribution in [0.25, 0.3) is 0 Å². The molecule has 2 amide bonds. The molecule has 20 heavy (non-hydrogen) atoms. The molecule has 0 saturated heterocycles. The molecule has 6 heteroatoms. The van der Waals surface area contributed by atoms with Crippen molar-refractivity contribution in [2.24, 2.45) is 0 Å². The highest BCUT2D eigenvalue weighted by Crippen LogP contribution is 2.25. The zero-order chi connectivity index (χ0) is 14.5. The minimum Gasteiger partial charge on any atom is -0.467 e. The maximum Gasteiger partial charge on any atom is 0.315 e. The van der Waals surface area contributed by atoms with Gasteiger partial charge in [0.1, 0.15) is 5.76 Å². The molecule has 2 aromatic rings. The summed E-state index contributed by atoms with van der Waals surface area (Å²) < 4.78 is 5.13. The lowest BCUT2D eigenvalue weighted by Crippen LogP contribution is -2.36. The highest BCUT2D eigenvalue weighted by atomic mass is 35.5. The van der Waals surface area contributed by atoms with E-state index in [0.29, 0.717) is 22.4 Å². The molecule has 106 valence electrons. The molecule has 0 aliphatic heterocycles. The molecule has 1 aromatic heterocycles. The van der Waals surface area contributed by atoms with E-state index in [9.17, 15) is 4.79 Å². The van der Waals surface area contributed by atoms with Gasteiger partial charge >= 0.3 is 6.03 Å². The first-order valence-electron chi connectivity index (χ1n) is 6.08. The molecule has 0 fully saturated rings. The van der Waals surface area contributed by atoms with E-state index in [1.165, 1.54) is 0 Å². The monoisotopic (exact) mass is 312 g/mol. The predicted molar refractivity (Wildman–Crippen MR) is 79.0 cm³/mol. The van der Waals surface area contributed by atoms with E-state index < -0.39 is 0 Å². The van der Waals surface area contributed by atoms with Crippen LogP contribution in [-0.2, 0) is 6.54 Å². The van der Waals surface area contributed by atoms with Crippen molar-refractivity contribution < 1.29 is 9.21 Å². The summed E-state index contributed by atoms with van der Waals surface area (Å²) in [4.78, 5) is 11.8. The van der Waals surface area contributed by atoms with Crippen LogP contribution >= 0.6 is 23.2 Å². The number of carbonyl (C=O) groups excluding carboxylic acids is 1. The van der Waals surface area contributed by atoms with Crippen molar-refractivity contribution in [2.45, 2.75) is 19.5 Å². The molecule has 0 aliphatic carbocycles. The third-order valence-electron chi connectivity index (χ3n) is 2.79. The fraction of sp³-hybridized carbons (Fsp3) is 0.214. The summed E-state index contributed by atoms with van der Waals surface area (Å²) in [6.07, 6.45) is 1.56. The second-order valence-electron chi connectivity index (χ2n) is 4.30. The minimum atomic E-state index is -0.278. The first-order chi connectivity index (χ1) is 9.56. The van der Waals surface area contributed by atoms with Crippen molar-refractivity contribution >= 4 is 29.2 Å². The number of rotatable bonds is 4. The van der Waals surface area contributed by atoms with Gasteiger partial charge in [0.25, 0.3) is 0 Å². The van der Waals surface area contributed by atoms with Gasteiger partial charge in [0, 0.05) is 0 Å². The van der Waals surface area contributed by atoms with Crippen LogP contribution < -0.4 is 10.6 Å². The SMILES string of the molecule is CC(NC(=O)NCc1ccco1)c1ccc(Cl)c(Cl)c1. The molecule has 0 saturated carbocycles. The van der Waals surface area contributed by atoms with Gasteiger partial charge in [-0.05, 0) is 36.8 Å². The number of furan rings is 1. The number of hydrogen-bond acceptors (Lipinski definition) is 2. The molecule has 2 rings (SSSR count). The van der Waals surface area contributed by atoms with Crippen LogP contribution in [0.3, 0.4) is 0 Å². The maximum absolute atomic E-state index is 11.8. The number of urea groups is 1. The topological polar surface area (TPSA) is 54.3 Å². The summed E-state index contributed by atoms with van der Waals surface area (Å²) in [5.74, 6) is 0.697. The molecule has 0 spiro atoms. The summed E-state index contributed by atoms with van der Waals surface area (Å²) in [5, 5.41) is 6.48. The van der Waals surface area contributed by atoms with Crippen molar-refractivity contribution in [2.75, 3.05) is 0 Å². The number of amides is 2. The molecule has 2 N–H and O–H groups in total. The Kier molecular flexibility index (Phi) is 4.93. The Balaban J connectivity index is 1.88. The van der Waals surface area contributed by atoms with Crippen molar-refractivity contribution in [3.05, 3.63) is 58.0 Å². The number of halogens is 2. The number of nitrogens with one attached hydrogen (secondary N) is 2. The lowest BCUT2D eigenvalue weighted by atomic mass is 10.1. The molecule has 1 heterocycles. The standard InChI is InChI=1S/C14H14Cl2N2O2/c1-9(10-4-5-12(15)13(16)7-10)18-14(19)17-8-11-3-2-6-20-11/h2-7,9H,8H2,1H3,(H2,17,18,19). The molecular formula is C14H14Cl2N2O2. The van der Waals surface area contributed by atoms with E-state index in [1.807, 2.05) is 13.0 Å². The van der Waals surface area contributed by atoms with Gasteiger partial charge in [0.05, 0.1) is 28.9 Å². The van der Waals surface area contributed by atoms with Crippen molar-refractivity contribution in [3.63, 3.8) is 0 Å². The van der Waals surface area contributed by atoms with Crippen LogP contribution in [0.1, 0.15) is 24.3 Å². The second-order valence-corrected chi connectivity index (χ2v) is 5.12. The maximum atomic E-state index is 11.8. The van der Waals surface area contributed by atoms with Crippen molar-refractivity contribution in [1.29, 1.82) is 0 Å². The van der Waals surface area contributed by atoms with Gasteiger partial charge in [0.15, 0.2) is 0 Å². The molecular weight excluding hydrogens is 299 g/mol. The average molecular weight is 313 g/mol. The van der Waals surface area contributed by atoms with E-state index >= 15 is 0 Å². The molecule has 0 aliphatic rings. The first-order valence-corrected chi connectivity index (χ1v) is 6.83. The van der Waals surface area contributed by atoms with Crippen LogP contribution in [0.2, 0.25) is 10.0 Å². The van der Waals surface area contributed by atoms with Gasteiger partial charge in [0.2, 0.25) is 0 Å². The Labute approximate surface area is 127 Å². The number of carbonyl (C=O) groups is 1. The summed E-state index contributed by atoms with van der Waals surface area (Å²) in [7, 11) is 0. The third kappa shape index (κ3) is 3.92. The highest BCUT2D eigenvalue weighted by molar-refractivity contribution is 6.42. The summed E-state index contributed by atoms with van der Waals surface area (Å²) in [6, 6.07) is 8.38. The van der Waals surface area contributed by atoms with Gasteiger partial charge in [-0.2, -0.15) is 0 Å². The highest BCUT2D eigenvalue weighted by Gasteiger charge is 2.11. The largest absolute Gasteiger partial charge is 0.467 e. The van der Waals surface area contributed by atoms with Crippen molar-refractivity contribution in [3.8, 4) is 0 Å². The lowest BCUT2D eigenvalue weighted by molar-refractivity contribution is 0.236. The van der Waals surface area contributed by atoms with Gasteiger partial charge in [-0.15, -0.1) is 0 Å². The van der Waals surface area contributed by atoms with E-state index in [1.54, 1.807) is 30.5 Å². The third-order valence-corrected chi connectivity index (χ3v) is 3.53. The molecule has 1 aromatic carbocycles. The zero-order valence-corrected chi connectivity index (χ0v) is 12.3. The summed E-state index contributed by atoms with van der Waals surface area (Å²) in [5.41, 5.74) is 0.882. The van der Waals surface area contributed by atoms with E-state index in [-0.39, 0.29) is 12.1 Å². The van der Waals surface area contributed by atoms with Gasteiger partial charge in [-0.3, -0.25) is 0 Å². The molecule has 1 atom stereocenters. The fourth-order valence-corrected chi connectivity index (χ4v) is 2.00. The quantitative estimate of drug-likeness (QED) is 0.891. The van der Waals surface area contributed by atoms with Crippen molar-refractivity contribution in [1.82, 2.24) is 10.6 Å². The van der Waals surface area contributed by atoms with Gasteiger partial charge < -0.3 is 15.1 Å². The normalized spacial score (nSPS) is 11.9. The van der Waals surface area contributed by atoms with Crippen LogP contribution in [-0.4, -0.2) is 6.03 Å². The first kappa shape index (κ1) is 14.8. The van der Waals surface area contributed by atoms with E-state index in [2.05, 4.69) is 10.6 Å². The Morgan fingerprint density at radius 3 is 2.75 bits per heavy atom. The second kappa shape index (κ2) is 6.68. The van der Waals surface area contributed by atoms with Gasteiger partial charge in [-0.25, -0.2) is 4.79 Å². The number of hydrogen-bond donors (Lipinski definition) is 2. The molecule has 4 nitrogen and oxygen atoms in total. The Morgan fingerprint density at radius 2 is 2.10 bits per heavy atom. The van der Waals surface area contributed by atoms with Crippen LogP contribution in [0.4, 0.5) is 4.79 Å². The molecule has 0 bridgehead atoms. The Hall–Kier alpha value is -1.65. The average Bonchev–Trinajstić information content (AvgIpc) is 2.92. The summed E-state index contributed by atoms with van der Waals surface area (Å²) >= 11 is 11.8. The van der Waals surface area contributed by atoms with Crippen LogP contribution in [0, 0.1) is 0 Å². The predicted octanol–water partition coefficient (Wildman–Crippen LogP) is 4.15. The van der Waals surface area contributed by atoms with E-state index in [4.69, 9.17) is 27.6 Å². The van der Waals surface area contributed by atoms with Crippen LogP contribution in [0.15, 0.2) is 41.0 Å². The van der Waals surface area contributed by atoms with Gasteiger partial charge in [-0.1, -0.05) is 29.3 Å². The zero-order valence-electron chi connectivity index (χ0n) is 10.8. The van der Waals surface area contributed by atoms with E-state index in [0.717, 1.165) is 5.56 Å². The number of benzene rings is 1. The minimum absolute atomic E-state index is 0.179. The summed E-state index contributed by atoms with van der Waals surface area (Å²) in [6.45, 7) is 2.21. The smallest absolute Gasteiger partial charge is 0.315 e. The Morgan fingerprint density at radius 1 is 1.30 bits per heavy atom. The lowest BCUT2D eigenvalue weighted by Gasteiger charge is -2.15. The Bertz CT molecular complexity index is 585. The molecule has 0 radical (unpaired) electrons.